The fourth-order valence-electron chi connectivity index (χ4n) is 4.97. The largest absolute Gasteiger partial charge is 0.317 e. The van der Waals surface area contributed by atoms with Gasteiger partial charge in [-0.3, -0.25) is 4.79 Å². The van der Waals surface area contributed by atoms with Crippen LogP contribution < -0.4 is 0 Å². The predicted octanol–water partition coefficient (Wildman–Crippen LogP) is 7.95. The SMILES string of the molecule is CC(=O)c1c(-c2cc(C)c3cc(C(C)C)ccc(C)c2-3)c(C)n(-c2ccc(F)cc2)c1C. The first-order valence-corrected chi connectivity index (χ1v) is 11.1. The maximum absolute atomic E-state index is 13.6. The van der Waals surface area contributed by atoms with E-state index in [0.717, 1.165) is 33.8 Å². The molecule has 2 aromatic rings. The van der Waals surface area contributed by atoms with Gasteiger partial charge >= 0.3 is 0 Å². The molecular weight excluding hydrogens is 397 g/mol. The van der Waals surface area contributed by atoms with Crippen molar-refractivity contribution in [3.8, 4) is 27.9 Å². The van der Waals surface area contributed by atoms with Gasteiger partial charge in [0.05, 0.1) is 0 Å². The minimum absolute atomic E-state index is 0.0364. The van der Waals surface area contributed by atoms with Crippen molar-refractivity contribution >= 4 is 5.78 Å². The van der Waals surface area contributed by atoms with Crippen molar-refractivity contribution in [2.45, 2.75) is 54.4 Å². The molecule has 0 fully saturated rings. The van der Waals surface area contributed by atoms with Crippen molar-refractivity contribution in [1.82, 2.24) is 4.57 Å². The Labute approximate surface area is 190 Å². The van der Waals surface area contributed by atoms with E-state index in [0.29, 0.717) is 5.92 Å². The van der Waals surface area contributed by atoms with Gasteiger partial charge in [-0.2, -0.15) is 0 Å². The third-order valence-electron chi connectivity index (χ3n) is 6.57. The molecule has 2 aliphatic rings. The molecule has 0 saturated carbocycles. The molecule has 1 aromatic heterocycles. The Bertz CT molecular complexity index is 1310. The number of nitrogens with zero attached hydrogens (tertiary/aromatic N) is 1. The number of aromatic nitrogens is 1. The smallest absolute Gasteiger partial charge is 0.162 e. The van der Waals surface area contributed by atoms with Gasteiger partial charge in [0.1, 0.15) is 5.82 Å². The highest BCUT2D eigenvalue weighted by molar-refractivity contribution is 6.06. The van der Waals surface area contributed by atoms with Crippen LogP contribution in [0, 0.1) is 33.5 Å². The van der Waals surface area contributed by atoms with Crippen LogP contribution in [0.5, 0.6) is 0 Å². The number of halogens is 1. The fourth-order valence-corrected chi connectivity index (χ4v) is 4.97. The number of fused-ring (bicyclic) bond motifs is 1. The number of benzene rings is 1. The van der Waals surface area contributed by atoms with Crippen molar-refractivity contribution in [2.75, 3.05) is 0 Å². The Balaban J connectivity index is 2.06. The first kappa shape index (κ1) is 22.0. The summed E-state index contributed by atoms with van der Waals surface area (Å²) in [7, 11) is 0. The summed E-state index contributed by atoms with van der Waals surface area (Å²) in [6.45, 7) is 14.3. The highest BCUT2D eigenvalue weighted by Gasteiger charge is 2.27. The maximum Gasteiger partial charge on any atom is 0.162 e. The van der Waals surface area contributed by atoms with Gasteiger partial charge in [-0.15, -0.1) is 0 Å². The molecule has 0 amide bonds. The highest BCUT2D eigenvalue weighted by atomic mass is 19.1. The molecule has 1 aromatic carbocycles. The molecule has 4 rings (SSSR count). The fraction of sp³-hybridized carbons (Fsp3) is 0.276. The van der Waals surface area contributed by atoms with E-state index in [1.54, 1.807) is 19.1 Å². The van der Waals surface area contributed by atoms with Crippen molar-refractivity contribution in [3.05, 3.63) is 88.0 Å². The quantitative estimate of drug-likeness (QED) is 0.303. The number of ketones is 1. The minimum Gasteiger partial charge on any atom is -0.317 e. The van der Waals surface area contributed by atoms with E-state index >= 15 is 0 Å². The third kappa shape index (κ3) is 3.46. The first-order valence-electron chi connectivity index (χ1n) is 11.1. The molecular formula is C29H30FNO. The second-order valence-electron chi connectivity index (χ2n) is 9.13. The Kier molecular flexibility index (Phi) is 5.54. The zero-order valence-electron chi connectivity index (χ0n) is 19.9. The molecule has 2 aliphatic carbocycles. The second kappa shape index (κ2) is 8.05. The summed E-state index contributed by atoms with van der Waals surface area (Å²) in [5.74, 6) is 0.193. The normalized spacial score (nSPS) is 11.5. The molecule has 0 spiro atoms. The number of hydrogen-bond donors (Lipinski definition) is 0. The number of Topliss-reactive ketones (excluding diaryl/α,β-unsaturated/α-hetero) is 1. The summed E-state index contributed by atoms with van der Waals surface area (Å²) in [5.41, 5.74) is 11.6. The van der Waals surface area contributed by atoms with Crippen LogP contribution in [0.1, 0.15) is 65.1 Å². The van der Waals surface area contributed by atoms with Crippen molar-refractivity contribution in [1.29, 1.82) is 0 Å². The van der Waals surface area contributed by atoms with Gasteiger partial charge in [-0.25, -0.2) is 4.39 Å². The van der Waals surface area contributed by atoms with Gasteiger partial charge in [-0.05, 0) is 98.2 Å². The number of carbonyl (C=O) groups is 1. The Morgan fingerprint density at radius 1 is 0.812 bits per heavy atom. The first-order chi connectivity index (χ1) is 15.1. The van der Waals surface area contributed by atoms with Gasteiger partial charge < -0.3 is 4.57 Å². The molecule has 1 heterocycles. The van der Waals surface area contributed by atoms with Gasteiger partial charge in [0.2, 0.25) is 0 Å². The van der Waals surface area contributed by atoms with Crippen molar-refractivity contribution in [2.24, 2.45) is 0 Å². The summed E-state index contributed by atoms with van der Waals surface area (Å²) < 4.78 is 15.6. The van der Waals surface area contributed by atoms with E-state index < -0.39 is 0 Å². The Hall–Kier alpha value is -3.20. The van der Waals surface area contributed by atoms with Crippen LogP contribution in [-0.4, -0.2) is 10.4 Å². The standard InChI is InChI=1S/C29H30FNO/c1-16(2)22-9-8-17(3)27-25(15-22)18(4)14-26(27)29-20(6)31(19(5)28(29)21(7)32)24-12-10-23(30)11-13-24/h8-16H,1-7H3. The molecule has 0 unspecified atom stereocenters. The van der Waals surface area contributed by atoms with E-state index in [1.165, 1.54) is 39.9 Å². The van der Waals surface area contributed by atoms with E-state index in [2.05, 4.69) is 56.5 Å². The second-order valence-corrected chi connectivity index (χ2v) is 9.13. The maximum atomic E-state index is 13.6. The van der Waals surface area contributed by atoms with Crippen molar-refractivity contribution < 1.29 is 9.18 Å². The van der Waals surface area contributed by atoms with Crippen LogP contribution in [0.4, 0.5) is 4.39 Å². The Morgan fingerprint density at radius 2 is 1.47 bits per heavy atom. The molecule has 3 heteroatoms. The number of rotatable bonds is 4. The van der Waals surface area contributed by atoms with Gasteiger partial charge in [-0.1, -0.05) is 38.1 Å². The average Bonchev–Trinajstić information content (AvgIpc) is 3.10. The number of hydrogen-bond acceptors (Lipinski definition) is 1. The van der Waals surface area contributed by atoms with E-state index in [-0.39, 0.29) is 11.6 Å². The zero-order chi connectivity index (χ0) is 23.3. The van der Waals surface area contributed by atoms with Gasteiger partial charge in [0.25, 0.3) is 0 Å². The number of carbonyl (C=O) groups excluding carboxylic acids is 1. The molecule has 0 aliphatic heterocycles. The zero-order valence-corrected chi connectivity index (χ0v) is 19.9. The lowest BCUT2D eigenvalue weighted by atomic mass is 9.94. The van der Waals surface area contributed by atoms with Crippen LogP contribution in [0.3, 0.4) is 0 Å². The molecule has 164 valence electrons. The lowest BCUT2D eigenvalue weighted by Gasteiger charge is -2.10. The van der Waals surface area contributed by atoms with Crippen LogP contribution in [-0.2, 0) is 0 Å². The summed E-state index contributed by atoms with van der Waals surface area (Å²) in [6, 6.07) is 15.3. The minimum atomic E-state index is -0.273. The lowest BCUT2D eigenvalue weighted by molar-refractivity contribution is 0.101. The van der Waals surface area contributed by atoms with Crippen LogP contribution >= 0.6 is 0 Å². The summed E-state index contributed by atoms with van der Waals surface area (Å²) in [4.78, 5) is 12.9. The highest BCUT2D eigenvalue weighted by Crippen LogP contribution is 2.45. The van der Waals surface area contributed by atoms with Crippen LogP contribution in [0.2, 0.25) is 0 Å². The number of aryl methyl sites for hydroxylation is 2. The van der Waals surface area contributed by atoms with Crippen LogP contribution in [0.25, 0.3) is 27.9 Å². The average molecular weight is 428 g/mol. The monoisotopic (exact) mass is 427 g/mol. The predicted molar refractivity (Wildman–Crippen MR) is 131 cm³/mol. The molecule has 32 heavy (non-hydrogen) atoms. The summed E-state index contributed by atoms with van der Waals surface area (Å²) >= 11 is 0. The van der Waals surface area contributed by atoms with Gasteiger partial charge in [0, 0.05) is 28.2 Å². The molecule has 0 radical (unpaired) electrons. The topological polar surface area (TPSA) is 22.0 Å². The third-order valence-corrected chi connectivity index (χ3v) is 6.57. The molecule has 0 saturated heterocycles. The van der Waals surface area contributed by atoms with E-state index in [9.17, 15) is 9.18 Å². The molecule has 0 atom stereocenters. The van der Waals surface area contributed by atoms with Crippen molar-refractivity contribution in [3.63, 3.8) is 0 Å². The van der Waals surface area contributed by atoms with Gasteiger partial charge in [0.15, 0.2) is 5.78 Å². The lowest BCUT2D eigenvalue weighted by Crippen LogP contribution is -2.01. The molecule has 0 N–H and O–H groups in total. The summed E-state index contributed by atoms with van der Waals surface area (Å²) in [6.07, 6.45) is 0. The summed E-state index contributed by atoms with van der Waals surface area (Å²) in [5, 5.41) is 0. The van der Waals surface area contributed by atoms with E-state index in [1.807, 2.05) is 13.8 Å². The molecule has 2 nitrogen and oxygen atoms in total. The Morgan fingerprint density at radius 3 is 2.06 bits per heavy atom. The van der Waals surface area contributed by atoms with E-state index in [4.69, 9.17) is 0 Å². The molecule has 0 bridgehead atoms. The van der Waals surface area contributed by atoms with Crippen LogP contribution in [0.15, 0.2) is 48.5 Å².